The molecule has 5 nitrogen and oxygen atoms in total. The second-order valence-electron chi connectivity index (χ2n) is 8.53. The Hall–Kier alpha value is -1.75. The summed E-state index contributed by atoms with van der Waals surface area (Å²) < 4.78 is 5.03. The molecular weight excluding hydrogens is 364 g/mol. The van der Waals surface area contributed by atoms with Gasteiger partial charge in [0.1, 0.15) is 0 Å². The number of piperidine rings is 1. The molecule has 1 atom stereocenters. The second-order valence-corrected chi connectivity index (χ2v) is 8.93. The molecule has 0 bridgehead atoms. The Balaban J connectivity index is 2.52. The molecular formula is C21H31ClN2O3. The van der Waals surface area contributed by atoms with Gasteiger partial charge in [-0.2, -0.15) is 0 Å². The quantitative estimate of drug-likeness (QED) is 0.805. The molecule has 1 aromatic carbocycles. The number of carbonyl (C=O) groups excluding carboxylic acids is 2. The smallest absolute Gasteiger partial charge is 0.404 e. The summed E-state index contributed by atoms with van der Waals surface area (Å²) in [4.78, 5) is 27.0. The Morgan fingerprint density at radius 3 is 2.33 bits per heavy atom. The van der Waals surface area contributed by atoms with Gasteiger partial charge in [0.15, 0.2) is 0 Å². The van der Waals surface area contributed by atoms with Gasteiger partial charge in [-0.05, 0) is 35.8 Å². The lowest BCUT2D eigenvalue weighted by Crippen LogP contribution is -2.56. The lowest BCUT2D eigenvalue weighted by Gasteiger charge is -2.48. The van der Waals surface area contributed by atoms with E-state index in [4.69, 9.17) is 22.1 Å². The maximum absolute atomic E-state index is 13.9. The molecule has 1 heterocycles. The first-order valence-corrected chi connectivity index (χ1v) is 9.94. The number of primary amides is 1. The van der Waals surface area contributed by atoms with Crippen LogP contribution in [0.3, 0.4) is 0 Å². The van der Waals surface area contributed by atoms with E-state index in [0.717, 1.165) is 31.5 Å². The SMILES string of the molecule is CC1CCN(C(=O)C(CCOC(N)=O)(c2ccccc2Cl)C(C)(C)C)CC1. The Bertz CT molecular complexity index is 678. The van der Waals surface area contributed by atoms with E-state index >= 15 is 0 Å². The minimum Gasteiger partial charge on any atom is -0.450 e. The van der Waals surface area contributed by atoms with Gasteiger partial charge < -0.3 is 15.4 Å². The highest BCUT2D eigenvalue weighted by molar-refractivity contribution is 6.31. The van der Waals surface area contributed by atoms with E-state index < -0.39 is 16.9 Å². The number of carbonyl (C=O) groups is 2. The molecule has 0 spiro atoms. The van der Waals surface area contributed by atoms with E-state index in [9.17, 15) is 9.59 Å². The predicted molar refractivity (Wildman–Crippen MR) is 108 cm³/mol. The van der Waals surface area contributed by atoms with Crippen molar-refractivity contribution < 1.29 is 14.3 Å². The standard InChI is InChI=1S/C21H31ClN2O3/c1-15-9-12-24(13-10-15)18(25)21(20(2,3)4,11-14-27-19(23)26)16-7-5-6-8-17(16)22/h5-8,15H,9-14H2,1-4H3,(H2,23,26). The molecule has 1 aliphatic heterocycles. The second kappa shape index (κ2) is 8.51. The van der Waals surface area contributed by atoms with Crippen LogP contribution in [-0.2, 0) is 14.9 Å². The van der Waals surface area contributed by atoms with Crippen molar-refractivity contribution >= 4 is 23.6 Å². The van der Waals surface area contributed by atoms with Gasteiger partial charge in [0.25, 0.3) is 0 Å². The summed E-state index contributed by atoms with van der Waals surface area (Å²) in [5, 5.41) is 0.547. The molecule has 2 rings (SSSR count). The third kappa shape index (κ3) is 4.57. The summed E-state index contributed by atoms with van der Waals surface area (Å²) >= 11 is 6.56. The highest BCUT2D eigenvalue weighted by Crippen LogP contribution is 2.48. The van der Waals surface area contributed by atoms with Gasteiger partial charge in [0.05, 0.1) is 12.0 Å². The number of nitrogens with two attached hydrogens (primary N) is 1. The van der Waals surface area contributed by atoms with Gasteiger partial charge in [-0.15, -0.1) is 0 Å². The number of hydrogen-bond donors (Lipinski definition) is 1. The summed E-state index contributed by atoms with van der Waals surface area (Å²) in [6, 6.07) is 7.45. The minimum absolute atomic E-state index is 0.0445. The van der Waals surface area contributed by atoms with Crippen LogP contribution in [-0.4, -0.2) is 36.6 Å². The number of amides is 2. The maximum Gasteiger partial charge on any atom is 0.404 e. The number of nitrogens with zero attached hydrogens (tertiary/aromatic N) is 1. The average Bonchev–Trinajstić information content (AvgIpc) is 2.58. The van der Waals surface area contributed by atoms with E-state index in [1.165, 1.54) is 0 Å². The van der Waals surface area contributed by atoms with Crippen LogP contribution in [0.25, 0.3) is 0 Å². The van der Waals surface area contributed by atoms with E-state index in [1.54, 1.807) is 6.07 Å². The lowest BCUT2D eigenvalue weighted by molar-refractivity contribution is -0.144. The molecule has 2 amide bonds. The normalized spacial score (nSPS) is 18.0. The molecule has 1 aromatic rings. The Kier molecular flexibility index (Phi) is 6.79. The Morgan fingerprint density at radius 1 is 1.22 bits per heavy atom. The van der Waals surface area contributed by atoms with Crippen LogP contribution in [0.4, 0.5) is 4.79 Å². The van der Waals surface area contributed by atoms with Crippen molar-refractivity contribution in [1.82, 2.24) is 4.90 Å². The fourth-order valence-electron chi connectivity index (χ4n) is 4.05. The van der Waals surface area contributed by atoms with E-state index in [-0.39, 0.29) is 12.5 Å². The summed E-state index contributed by atoms with van der Waals surface area (Å²) in [5.41, 5.74) is 4.56. The largest absolute Gasteiger partial charge is 0.450 e. The van der Waals surface area contributed by atoms with E-state index in [0.29, 0.717) is 17.4 Å². The molecule has 1 aliphatic rings. The molecule has 0 aromatic heterocycles. The summed E-state index contributed by atoms with van der Waals surface area (Å²) in [6.07, 6.45) is 1.48. The van der Waals surface area contributed by atoms with Crippen LogP contribution in [0.2, 0.25) is 5.02 Å². The summed E-state index contributed by atoms with van der Waals surface area (Å²) in [5.74, 6) is 0.666. The van der Waals surface area contributed by atoms with Gasteiger partial charge in [-0.3, -0.25) is 4.79 Å². The maximum atomic E-state index is 13.9. The van der Waals surface area contributed by atoms with Crippen molar-refractivity contribution in [2.45, 2.75) is 52.4 Å². The molecule has 1 fully saturated rings. The van der Waals surface area contributed by atoms with Gasteiger partial charge >= 0.3 is 6.09 Å². The fourth-order valence-corrected chi connectivity index (χ4v) is 4.35. The van der Waals surface area contributed by atoms with Crippen LogP contribution < -0.4 is 5.73 Å². The molecule has 0 aliphatic carbocycles. The zero-order chi connectivity index (χ0) is 20.2. The van der Waals surface area contributed by atoms with Crippen molar-refractivity contribution in [2.24, 2.45) is 17.1 Å². The predicted octanol–water partition coefficient (Wildman–Crippen LogP) is 4.37. The third-order valence-corrected chi connectivity index (χ3v) is 6.10. The van der Waals surface area contributed by atoms with Crippen LogP contribution in [0.15, 0.2) is 24.3 Å². The molecule has 0 radical (unpaired) electrons. The topological polar surface area (TPSA) is 72.6 Å². The van der Waals surface area contributed by atoms with Crippen molar-refractivity contribution in [1.29, 1.82) is 0 Å². The highest BCUT2D eigenvalue weighted by Gasteiger charge is 2.52. The molecule has 27 heavy (non-hydrogen) atoms. The van der Waals surface area contributed by atoms with Crippen LogP contribution in [0.1, 0.15) is 52.5 Å². The number of benzene rings is 1. The highest BCUT2D eigenvalue weighted by atomic mass is 35.5. The number of hydrogen-bond acceptors (Lipinski definition) is 3. The minimum atomic E-state index is -0.915. The van der Waals surface area contributed by atoms with Crippen molar-refractivity contribution in [3.63, 3.8) is 0 Å². The molecule has 2 N–H and O–H groups in total. The number of ether oxygens (including phenoxy) is 1. The molecule has 150 valence electrons. The zero-order valence-electron chi connectivity index (χ0n) is 16.8. The molecule has 1 unspecified atom stereocenters. The van der Waals surface area contributed by atoms with Crippen LogP contribution in [0, 0.1) is 11.3 Å². The van der Waals surface area contributed by atoms with E-state index in [2.05, 4.69) is 6.92 Å². The monoisotopic (exact) mass is 394 g/mol. The van der Waals surface area contributed by atoms with Crippen molar-refractivity contribution in [3.05, 3.63) is 34.9 Å². The number of halogens is 1. The van der Waals surface area contributed by atoms with Gasteiger partial charge in [0, 0.05) is 24.5 Å². The molecule has 1 saturated heterocycles. The third-order valence-electron chi connectivity index (χ3n) is 5.77. The number of rotatable bonds is 5. The van der Waals surface area contributed by atoms with Crippen molar-refractivity contribution in [2.75, 3.05) is 19.7 Å². The Labute approximate surface area is 167 Å². The summed E-state index contributed by atoms with van der Waals surface area (Å²) in [6.45, 7) is 9.85. The van der Waals surface area contributed by atoms with Gasteiger partial charge in [0.2, 0.25) is 5.91 Å². The summed E-state index contributed by atoms with van der Waals surface area (Å²) in [7, 11) is 0. The lowest BCUT2D eigenvalue weighted by atomic mass is 9.60. The van der Waals surface area contributed by atoms with E-state index in [1.807, 2.05) is 43.9 Å². The van der Waals surface area contributed by atoms with Gasteiger partial charge in [-0.1, -0.05) is 57.5 Å². The average molecular weight is 395 g/mol. The zero-order valence-corrected chi connectivity index (χ0v) is 17.5. The molecule has 6 heteroatoms. The van der Waals surface area contributed by atoms with Crippen molar-refractivity contribution in [3.8, 4) is 0 Å². The van der Waals surface area contributed by atoms with Crippen LogP contribution >= 0.6 is 11.6 Å². The first-order chi connectivity index (χ1) is 12.6. The van der Waals surface area contributed by atoms with Crippen LogP contribution in [0.5, 0.6) is 0 Å². The fraction of sp³-hybridized carbons (Fsp3) is 0.619. The first-order valence-electron chi connectivity index (χ1n) is 9.56. The number of likely N-dealkylation sites (tertiary alicyclic amines) is 1. The Morgan fingerprint density at radius 2 is 1.81 bits per heavy atom. The first kappa shape index (κ1) is 21.5. The molecule has 0 saturated carbocycles. The van der Waals surface area contributed by atoms with Gasteiger partial charge in [-0.25, -0.2) is 4.79 Å².